The summed E-state index contributed by atoms with van der Waals surface area (Å²) < 4.78 is 0. The van der Waals surface area contributed by atoms with Gasteiger partial charge >= 0.3 is 0 Å². The summed E-state index contributed by atoms with van der Waals surface area (Å²) in [5.41, 5.74) is 0. The maximum atomic E-state index is 3.72. The molecule has 0 aromatic carbocycles. The van der Waals surface area contributed by atoms with E-state index in [0.717, 1.165) is 17.9 Å². The molecule has 19 heavy (non-hydrogen) atoms. The lowest BCUT2D eigenvalue weighted by molar-refractivity contribution is 0.175. The van der Waals surface area contributed by atoms with Crippen molar-refractivity contribution in [3.63, 3.8) is 0 Å². The van der Waals surface area contributed by atoms with E-state index in [1.54, 1.807) is 0 Å². The van der Waals surface area contributed by atoms with Crippen molar-refractivity contribution >= 4 is 0 Å². The molecule has 0 spiro atoms. The summed E-state index contributed by atoms with van der Waals surface area (Å²) >= 11 is 0. The van der Waals surface area contributed by atoms with Crippen molar-refractivity contribution in [1.29, 1.82) is 0 Å². The van der Waals surface area contributed by atoms with Gasteiger partial charge in [0.1, 0.15) is 0 Å². The Morgan fingerprint density at radius 3 is 2.47 bits per heavy atom. The minimum absolute atomic E-state index is 0.750. The third-order valence-electron chi connectivity index (χ3n) is 5.26. The summed E-state index contributed by atoms with van der Waals surface area (Å²) in [6.07, 6.45) is 11.4. The lowest BCUT2D eigenvalue weighted by Gasteiger charge is -2.33. The highest BCUT2D eigenvalue weighted by atomic mass is 15.2. The molecule has 2 heteroatoms. The molecule has 0 amide bonds. The predicted octanol–water partition coefficient (Wildman–Crippen LogP) is 3.67. The van der Waals surface area contributed by atoms with Gasteiger partial charge in [0.05, 0.1) is 0 Å². The van der Waals surface area contributed by atoms with Crippen LogP contribution < -0.4 is 5.32 Å². The largest absolute Gasteiger partial charge is 0.313 e. The van der Waals surface area contributed by atoms with E-state index in [4.69, 9.17) is 0 Å². The van der Waals surface area contributed by atoms with Crippen molar-refractivity contribution < 1.29 is 0 Å². The Hall–Kier alpha value is -0.0800. The topological polar surface area (TPSA) is 15.3 Å². The number of hydrogen-bond donors (Lipinski definition) is 1. The van der Waals surface area contributed by atoms with Crippen LogP contribution in [0.4, 0.5) is 0 Å². The molecule has 1 aliphatic carbocycles. The molecule has 0 radical (unpaired) electrons. The quantitative estimate of drug-likeness (QED) is 0.817. The number of rotatable bonds is 5. The van der Waals surface area contributed by atoms with Crippen molar-refractivity contribution in [2.45, 2.75) is 71.3 Å². The van der Waals surface area contributed by atoms with Gasteiger partial charge in [-0.15, -0.1) is 0 Å². The number of nitrogens with zero attached hydrogens (tertiary/aromatic N) is 1. The van der Waals surface area contributed by atoms with Crippen molar-refractivity contribution in [3.05, 3.63) is 0 Å². The molecule has 112 valence electrons. The molecule has 1 saturated carbocycles. The third-order valence-corrected chi connectivity index (χ3v) is 5.26. The van der Waals surface area contributed by atoms with Gasteiger partial charge < -0.3 is 10.2 Å². The minimum Gasteiger partial charge on any atom is -0.313 e. The SMILES string of the molecule is CCCC1CN(CC2CCC(CC)CC2)CCCN1. The normalized spacial score (nSPS) is 34.1. The van der Waals surface area contributed by atoms with Crippen LogP contribution in [0, 0.1) is 11.8 Å². The fraction of sp³-hybridized carbons (Fsp3) is 1.00. The molecule has 2 nitrogen and oxygen atoms in total. The minimum atomic E-state index is 0.750. The zero-order valence-corrected chi connectivity index (χ0v) is 13.2. The summed E-state index contributed by atoms with van der Waals surface area (Å²) in [6.45, 7) is 9.88. The van der Waals surface area contributed by atoms with Gasteiger partial charge in [0.25, 0.3) is 0 Å². The average molecular weight is 266 g/mol. The predicted molar refractivity (Wildman–Crippen MR) is 83.5 cm³/mol. The molecular formula is C17H34N2. The van der Waals surface area contributed by atoms with Crippen molar-refractivity contribution in [2.75, 3.05) is 26.2 Å². The highest BCUT2D eigenvalue weighted by molar-refractivity contribution is 4.80. The summed E-state index contributed by atoms with van der Waals surface area (Å²) in [5.74, 6) is 2.03. The Bertz CT molecular complexity index is 233. The first-order valence-corrected chi connectivity index (χ1v) is 8.77. The summed E-state index contributed by atoms with van der Waals surface area (Å²) in [5, 5.41) is 3.72. The van der Waals surface area contributed by atoms with E-state index in [9.17, 15) is 0 Å². The van der Waals surface area contributed by atoms with Crippen LogP contribution in [0.15, 0.2) is 0 Å². The Balaban J connectivity index is 1.74. The highest BCUT2D eigenvalue weighted by Gasteiger charge is 2.24. The van der Waals surface area contributed by atoms with E-state index >= 15 is 0 Å². The van der Waals surface area contributed by atoms with Gasteiger partial charge in [-0.05, 0) is 50.6 Å². The van der Waals surface area contributed by atoms with E-state index in [2.05, 4.69) is 24.1 Å². The van der Waals surface area contributed by atoms with Crippen LogP contribution in [0.1, 0.15) is 65.2 Å². The summed E-state index contributed by atoms with van der Waals surface area (Å²) in [4.78, 5) is 2.76. The van der Waals surface area contributed by atoms with E-state index < -0.39 is 0 Å². The van der Waals surface area contributed by atoms with Gasteiger partial charge in [-0.3, -0.25) is 0 Å². The summed E-state index contributed by atoms with van der Waals surface area (Å²) in [6, 6.07) is 0.750. The Morgan fingerprint density at radius 2 is 1.79 bits per heavy atom. The second kappa shape index (κ2) is 8.26. The maximum absolute atomic E-state index is 3.72. The van der Waals surface area contributed by atoms with Gasteiger partial charge in [-0.2, -0.15) is 0 Å². The Kier molecular flexibility index (Phi) is 6.66. The van der Waals surface area contributed by atoms with Gasteiger partial charge in [-0.1, -0.05) is 39.5 Å². The van der Waals surface area contributed by atoms with Crippen molar-refractivity contribution in [1.82, 2.24) is 10.2 Å². The third kappa shape index (κ3) is 5.07. The highest BCUT2D eigenvalue weighted by Crippen LogP contribution is 2.31. The Morgan fingerprint density at radius 1 is 1.05 bits per heavy atom. The van der Waals surface area contributed by atoms with Crippen molar-refractivity contribution in [3.8, 4) is 0 Å². The fourth-order valence-corrected chi connectivity index (χ4v) is 3.97. The molecule has 2 aliphatic rings. The first-order chi connectivity index (χ1) is 9.31. The zero-order valence-electron chi connectivity index (χ0n) is 13.2. The van der Waals surface area contributed by atoms with Gasteiger partial charge in [-0.25, -0.2) is 0 Å². The van der Waals surface area contributed by atoms with Crippen LogP contribution in [-0.4, -0.2) is 37.1 Å². The lowest BCUT2D eigenvalue weighted by Crippen LogP contribution is -2.40. The van der Waals surface area contributed by atoms with Gasteiger partial charge in [0.2, 0.25) is 0 Å². The maximum Gasteiger partial charge on any atom is 0.0194 e. The molecule has 0 bridgehead atoms. The van der Waals surface area contributed by atoms with E-state index in [0.29, 0.717) is 0 Å². The van der Waals surface area contributed by atoms with Crippen LogP contribution in [-0.2, 0) is 0 Å². The lowest BCUT2D eigenvalue weighted by atomic mass is 9.80. The number of nitrogens with one attached hydrogen (secondary N) is 1. The molecule has 1 saturated heterocycles. The van der Waals surface area contributed by atoms with Crippen LogP contribution in [0.5, 0.6) is 0 Å². The summed E-state index contributed by atoms with van der Waals surface area (Å²) in [7, 11) is 0. The average Bonchev–Trinajstić information content (AvgIpc) is 2.65. The van der Waals surface area contributed by atoms with Gasteiger partial charge in [0.15, 0.2) is 0 Å². The number of hydrogen-bond acceptors (Lipinski definition) is 2. The van der Waals surface area contributed by atoms with Gasteiger partial charge in [0, 0.05) is 19.1 Å². The van der Waals surface area contributed by atoms with Crippen LogP contribution in [0.2, 0.25) is 0 Å². The zero-order chi connectivity index (χ0) is 13.5. The second-order valence-corrected chi connectivity index (χ2v) is 6.85. The van der Waals surface area contributed by atoms with Crippen molar-refractivity contribution in [2.24, 2.45) is 11.8 Å². The second-order valence-electron chi connectivity index (χ2n) is 6.85. The first kappa shape index (κ1) is 15.3. The fourth-order valence-electron chi connectivity index (χ4n) is 3.97. The van der Waals surface area contributed by atoms with Crippen LogP contribution >= 0.6 is 0 Å². The molecule has 1 heterocycles. The molecule has 1 aliphatic heterocycles. The van der Waals surface area contributed by atoms with Crippen LogP contribution in [0.3, 0.4) is 0 Å². The van der Waals surface area contributed by atoms with E-state index in [1.807, 2.05) is 0 Å². The van der Waals surface area contributed by atoms with Crippen LogP contribution in [0.25, 0.3) is 0 Å². The Labute approximate surface area is 120 Å². The molecule has 1 unspecified atom stereocenters. The monoisotopic (exact) mass is 266 g/mol. The molecule has 1 atom stereocenters. The standard InChI is InChI=1S/C17H34N2/c1-3-6-17-14-19(12-5-11-18-17)13-16-9-7-15(4-2)8-10-16/h15-18H,3-14H2,1-2H3. The molecule has 0 aromatic heterocycles. The smallest absolute Gasteiger partial charge is 0.0194 e. The van der Waals surface area contributed by atoms with E-state index in [-0.39, 0.29) is 0 Å². The molecule has 2 rings (SSSR count). The van der Waals surface area contributed by atoms with E-state index in [1.165, 1.54) is 77.5 Å². The molecule has 1 N–H and O–H groups in total. The first-order valence-electron chi connectivity index (χ1n) is 8.77. The molecule has 0 aromatic rings. The molecular weight excluding hydrogens is 232 g/mol. The molecule has 2 fully saturated rings.